The molecule has 6 unspecified atom stereocenters. The Kier molecular flexibility index (Phi) is 5.47. The summed E-state index contributed by atoms with van der Waals surface area (Å²) in [5.74, 6) is -2.26. The molecule has 3 nitrogen and oxygen atoms in total. The summed E-state index contributed by atoms with van der Waals surface area (Å²) < 4.78 is 85.5. The van der Waals surface area contributed by atoms with Gasteiger partial charge in [0.15, 0.2) is 6.10 Å². The van der Waals surface area contributed by atoms with Crippen LogP contribution in [-0.2, 0) is 9.53 Å². The van der Waals surface area contributed by atoms with Crippen molar-refractivity contribution in [3.63, 3.8) is 0 Å². The van der Waals surface area contributed by atoms with Crippen LogP contribution in [0.25, 0.3) is 0 Å². The predicted octanol–water partition coefficient (Wildman–Crippen LogP) is 4.87. The number of alkyl halides is 6. The number of carbonyl (C=O) groups excluding carboxylic acids is 1. The molecule has 0 aromatic rings. The van der Waals surface area contributed by atoms with Crippen LogP contribution in [-0.4, -0.2) is 35.1 Å². The van der Waals surface area contributed by atoms with Crippen LogP contribution < -0.4 is 0 Å². The number of rotatable bonds is 4. The first-order valence-electron chi connectivity index (χ1n) is 9.85. The zero-order valence-electron chi connectivity index (χ0n) is 15.8. The second-order valence-corrected chi connectivity index (χ2v) is 8.88. The number of halogens is 6. The highest BCUT2D eigenvalue weighted by atomic mass is 19.4. The summed E-state index contributed by atoms with van der Waals surface area (Å²) in [4.78, 5) is 12.7. The number of hydrogen-bond donors (Lipinski definition) is 1. The largest absolute Gasteiger partial charge is 0.458 e. The van der Waals surface area contributed by atoms with E-state index in [4.69, 9.17) is 4.74 Å². The monoisotopic (exact) mass is 416 g/mol. The minimum atomic E-state index is -6.00. The summed E-state index contributed by atoms with van der Waals surface area (Å²) in [6.07, 6.45) is -12.5. The molecule has 3 aliphatic rings. The molecular weight excluding hydrogens is 390 g/mol. The maximum Gasteiger partial charge on any atom is 0.430 e. The Balaban J connectivity index is 1.88. The number of aliphatic hydroxyl groups is 1. The summed E-state index contributed by atoms with van der Waals surface area (Å²) in [5.41, 5.74) is -5.07. The van der Waals surface area contributed by atoms with Crippen molar-refractivity contribution in [2.24, 2.45) is 35.5 Å². The van der Waals surface area contributed by atoms with E-state index in [9.17, 15) is 36.2 Å². The first kappa shape index (κ1) is 21.7. The number of esters is 1. The summed E-state index contributed by atoms with van der Waals surface area (Å²) in [5, 5.41) is 9.89. The fourth-order valence-electron chi connectivity index (χ4n) is 5.69. The van der Waals surface area contributed by atoms with Crippen molar-refractivity contribution in [3.05, 3.63) is 0 Å². The minimum absolute atomic E-state index is 0.0522. The van der Waals surface area contributed by atoms with Crippen molar-refractivity contribution < 1.29 is 41.0 Å². The zero-order valence-corrected chi connectivity index (χ0v) is 15.8. The molecule has 2 bridgehead atoms. The van der Waals surface area contributed by atoms with Crippen molar-refractivity contribution in [2.75, 3.05) is 0 Å². The molecule has 6 atom stereocenters. The summed E-state index contributed by atoms with van der Waals surface area (Å²) in [6, 6.07) is 0. The molecule has 0 heterocycles. The van der Waals surface area contributed by atoms with E-state index in [2.05, 4.69) is 0 Å². The zero-order chi connectivity index (χ0) is 21.1. The van der Waals surface area contributed by atoms with Gasteiger partial charge in [0.25, 0.3) is 5.60 Å². The smallest absolute Gasteiger partial charge is 0.430 e. The van der Waals surface area contributed by atoms with Crippen molar-refractivity contribution in [1.29, 1.82) is 0 Å². The summed E-state index contributed by atoms with van der Waals surface area (Å²) in [6.45, 7) is 4.00. The SMILES string of the molecule is CC1C2CC(C(=O)OC(C3CCCC3)C(O)(C(F)(F)F)C(F)(F)F)C(C2)C1C. The molecule has 3 fully saturated rings. The van der Waals surface area contributed by atoms with Crippen LogP contribution in [0.15, 0.2) is 0 Å². The average Bonchev–Trinajstić information content (AvgIpc) is 3.28. The van der Waals surface area contributed by atoms with Crippen molar-refractivity contribution >= 4 is 5.97 Å². The van der Waals surface area contributed by atoms with Crippen LogP contribution in [0.3, 0.4) is 0 Å². The maximum atomic E-state index is 13.4. The Hall–Kier alpha value is -0.990. The van der Waals surface area contributed by atoms with E-state index in [-0.39, 0.29) is 30.6 Å². The third-order valence-electron chi connectivity index (χ3n) is 7.55. The molecule has 3 saturated carbocycles. The number of ether oxygens (including phenoxy) is 1. The maximum absolute atomic E-state index is 13.4. The molecule has 1 N–H and O–H groups in total. The van der Waals surface area contributed by atoms with Crippen LogP contribution in [0.2, 0.25) is 0 Å². The topological polar surface area (TPSA) is 46.5 Å². The van der Waals surface area contributed by atoms with Gasteiger partial charge in [-0.2, -0.15) is 26.3 Å². The van der Waals surface area contributed by atoms with E-state index in [1.807, 2.05) is 13.8 Å². The van der Waals surface area contributed by atoms with E-state index in [1.54, 1.807) is 0 Å². The third-order valence-corrected chi connectivity index (χ3v) is 7.55. The van der Waals surface area contributed by atoms with Crippen LogP contribution in [0.5, 0.6) is 0 Å². The second kappa shape index (κ2) is 7.06. The summed E-state index contributed by atoms with van der Waals surface area (Å²) in [7, 11) is 0. The third kappa shape index (κ3) is 3.31. The normalized spacial score (nSPS) is 35.4. The van der Waals surface area contributed by atoms with Crippen molar-refractivity contribution in [2.45, 2.75) is 76.4 Å². The fraction of sp³-hybridized carbons (Fsp3) is 0.947. The fourth-order valence-corrected chi connectivity index (χ4v) is 5.69. The van der Waals surface area contributed by atoms with Crippen LogP contribution in [0.4, 0.5) is 26.3 Å². The van der Waals surface area contributed by atoms with Gasteiger partial charge in [0, 0.05) is 0 Å². The van der Waals surface area contributed by atoms with Gasteiger partial charge in [-0.05, 0) is 55.3 Å². The standard InChI is InChI=1S/C19H26F6O3/c1-9-10(2)13-7-12(9)8-14(13)16(26)28-15(11-5-3-4-6-11)17(27,18(20,21)22)19(23,24)25/h9-15,27H,3-8H2,1-2H3. The average molecular weight is 416 g/mol. The summed E-state index contributed by atoms with van der Waals surface area (Å²) >= 11 is 0. The lowest BCUT2D eigenvalue weighted by atomic mass is 9.75. The molecule has 28 heavy (non-hydrogen) atoms. The Morgan fingerprint density at radius 3 is 1.93 bits per heavy atom. The molecule has 0 aliphatic heterocycles. The number of carbonyl (C=O) groups is 1. The minimum Gasteiger partial charge on any atom is -0.458 e. The molecule has 0 radical (unpaired) electrons. The van der Waals surface area contributed by atoms with Gasteiger partial charge in [0.1, 0.15) is 0 Å². The molecule has 3 rings (SSSR count). The van der Waals surface area contributed by atoms with Crippen molar-refractivity contribution in [1.82, 2.24) is 0 Å². The van der Waals surface area contributed by atoms with Crippen LogP contribution in [0.1, 0.15) is 52.4 Å². The molecule has 0 amide bonds. The van der Waals surface area contributed by atoms with Gasteiger partial charge in [-0.1, -0.05) is 26.7 Å². The molecule has 0 saturated heterocycles. The Morgan fingerprint density at radius 2 is 1.50 bits per heavy atom. The van der Waals surface area contributed by atoms with E-state index >= 15 is 0 Å². The highest BCUT2D eigenvalue weighted by Gasteiger charge is 2.76. The van der Waals surface area contributed by atoms with Crippen LogP contribution in [0, 0.1) is 35.5 Å². The van der Waals surface area contributed by atoms with Gasteiger partial charge in [0.2, 0.25) is 0 Å². The van der Waals surface area contributed by atoms with Crippen molar-refractivity contribution in [3.8, 4) is 0 Å². The highest BCUT2D eigenvalue weighted by molar-refractivity contribution is 5.74. The molecule has 3 aliphatic carbocycles. The van der Waals surface area contributed by atoms with E-state index < -0.39 is 41.9 Å². The van der Waals surface area contributed by atoms with E-state index in [0.29, 0.717) is 25.2 Å². The molecule has 9 heteroatoms. The quantitative estimate of drug-likeness (QED) is 0.525. The molecule has 0 aromatic carbocycles. The predicted molar refractivity (Wildman–Crippen MR) is 86.9 cm³/mol. The van der Waals surface area contributed by atoms with Crippen LogP contribution >= 0.6 is 0 Å². The first-order valence-corrected chi connectivity index (χ1v) is 9.85. The Bertz CT molecular complexity index is 579. The Morgan fingerprint density at radius 1 is 0.964 bits per heavy atom. The van der Waals surface area contributed by atoms with Gasteiger partial charge in [-0.25, -0.2) is 0 Å². The molecule has 0 aromatic heterocycles. The van der Waals surface area contributed by atoms with Gasteiger partial charge >= 0.3 is 18.3 Å². The molecule has 162 valence electrons. The Labute approximate surface area is 159 Å². The van der Waals surface area contributed by atoms with Gasteiger partial charge in [-0.15, -0.1) is 0 Å². The lowest BCUT2D eigenvalue weighted by molar-refractivity contribution is -0.396. The van der Waals surface area contributed by atoms with E-state index in [0.717, 1.165) is 6.42 Å². The van der Waals surface area contributed by atoms with Gasteiger partial charge < -0.3 is 9.84 Å². The second-order valence-electron chi connectivity index (χ2n) is 8.88. The lowest BCUT2D eigenvalue weighted by Crippen LogP contribution is -2.67. The number of hydrogen-bond acceptors (Lipinski definition) is 3. The van der Waals surface area contributed by atoms with Gasteiger partial charge in [-0.3, -0.25) is 4.79 Å². The lowest BCUT2D eigenvalue weighted by Gasteiger charge is -2.41. The van der Waals surface area contributed by atoms with E-state index in [1.165, 1.54) is 0 Å². The molecular formula is C19H26F6O3. The van der Waals surface area contributed by atoms with Gasteiger partial charge in [0.05, 0.1) is 5.92 Å². The molecule has 0 spiro atoms. The first-order chi connectivity index (χ1) is 12.8. The highest BCUT2D eigenvalue weighted by Crippen LogP contribution is 2.56. The number of fused-ring (bicyclic) bond motifs is 2.